The van der Waals surface area contributed by atoms with Crippen LogP contribution < -0.4 is 5.73 Å². The third-order valence-electron chi connectivity index (χ3n) is 3.29. The van der Waals surface area contributed by atoms with Crippen LogP contribution in [0.5, 0.6) is 0 Å². The first-order chi connectivity index (χ1) is 9.70. The van der Waals surface area contributed by atoms with Gasteiger partial charge >= 0.3 is 0 Å². The fraction of sp³-hybridized carbons (Fsp3) is 0.429. The van der Waals surface area contributed by atoms with Crippen molar-refractivity contribution in [2.75, 3.05) is 26.3 Å². The van der Waals surface area contributed by atoms with Crippen molar-refractivity contribution in [3.05, 3.63) is 35.4 Å². The number of amidine groups is 1. The van der Waals surface area contributed by atoms with Crippen molar-refractivity contribution >= 4 is 11.7 Å². The molecule has 0 aromatic heterocycles. The highest BCUT2D eigenvalue weighted by atomic mass is 16.5. The van der Waals surface area contributed by atoms with Gasteiger partial charge in [-0.2, -0.15) is 0 Å². The van der Waals surface area contributed by atoms with Gasteiger partial charge in [0.25, 0.3) is 0 Å². The quantitative estimate of drug-likeness (QED) is 0.366. The van der Waals surface area contributed by atoms with Crippen molar-refractivity contribution in [3.63, 3.8) is 0 Å². The highest BCUT2D eigenvalue weighted by Gasteiger charge is 2.15. The summed E-state index contributed by atoms with van der Waals surface area (Å²) in [4.78, 5) is 14.0. The van der Waals surface area contributed by atoms with E-state index in [1.807, 2.05) is 17.0 Å². The van der Waals surface area contributed by atoms with E-state index in [2.05, 4.69) is 5.16 Å². The summed E-state index contributed by atoms with van der Waals surface area (Å²) in [6.07, 6.45) is 1.24. The number of hydrogen-bond donors (Lipinski definition) is 2. The molecule has 0 unspecified atom stereocenters. The summed E-state index contributed by atoms with van der Waals surface area (Å²) in [6.45, 7) is 2.73. The predicted octanol–water partition coefficient (Wildman–Crippen LogP) is 0.573. The van der Waals surface area contributed by atoms with Crippen molar-refractivity contribution in [2.45, 2.75) is 12.8 Å². The molecule has 1 fully saturated rings. The molecule has 1 aliphatic rings. The average Bonchev–Trinajstić information content (AvgIpc) is 2.76. The molecule has 2 rings (SSSR count). The van der Waals surface area contributed by atoms with Crippen LogP contribution in [0.15, 0.2) is 29.4 Å². The molecule has 1 aromatic rings. The predicted molar refractivity (Wildman–Crippen MR) is 74.7 cm³/mol. The monoisotopic (exact) mass is 277 g/mol. The molecule has 6 nitrogen and oxygen atoms in total. The third-order valence-corrected chi connectivity index (χ3v) is 3.29. The Kier molecular flexibility index (Phi) is 4.95. The Balaban J connectivity index is 1.97. The maximum absolute atomic E-state index is 12.2. The maximum Gasteiger partial charge on any atom is 0.227 e. The van der Waals surface area contributed by atoms with Crippen LogP contribution in [0.4, 0.5) is 0 Å². The fourth-order valence-corrected chi connectivity index (χ4v) is 2.13. The van der Waals surface area contributed by atoms with E-state index < -0.39 is 0 Å². The molecular formula is C14H19N3O3. The normalized spacial score (nSPS) is 16.8. The molecule has 1 aliphatic heterocycles. The van der Waals surface area contributed by atoms with Gasteiger partial charge in [0.15, 0.2) is 5.84 Å². The molecule has 1 saturated heterocycles. The van der Waals surface area contributed by atoms with Gasteiger partial charge in [0.1, 0.15) is 0 Å². The Morgan fingerprint density at radius 3 is 2.75 bits per heavy atom. The second kappa shape index (κ2) is 6.91. The second-order valence-corrected chi connectivity index (χ2v) is 4.71. The van der Waals surface area contributed by atoms with E-state index in [4.69, 9.17) is 15.7 Å². The number of carbonyl (C=O) groups is 1. The summed E-state index contributed by atoms with van der Waals surface area (Å²) in [5, 5.41) is 11.5. The molecule has 0 bridgehead atoms. The molecule has 0 aliphatic carbocycles. The minimum Gasteiger partial charge on any atom is -0.409 e. The molecule has 108 valence electrons. The van der Waals surface area contributed by atoms with Crippen LogP contribution in [0.3, 0.4) is 0 Å². The number of ether oxygens (including phenoxy) is 1. The second-order valence-electron chi connectivity index (χ2n) is 4.71. The zero-order valence-electron chi connectivity index (χ0n) is 11.3. The van der Waals surface area contributed by atoms with E-state index in [1.54, 1.807) is 12.1 Å². The lowest BCUT2D eigenvalue weighted by molar-refractivity contribution is -0.130. The molecule has 1 amide bonds. The summed E-state index contributed by atoms with van der Waals surface area (Å²) < 4.78 is 5.33. The first-order valence-electron chi connectivity index (χ1n) is 6.63. The van der Waals surface area contributed by atoms with Gasteiger partial charge in [-0.15, -0.1) is 0 Å². The summed E-state index contributed by atoms with van der Waals surface area (Å²) in [7, 11) is 0. The summed E-state index contributed by atoms with van der Waals surface area (Å²) in [5.41, 5.74) is 7.03. The highest BCUT2D eigenvalue weighted by molar-refractivity contribution is 5.97. The molecule has 3 N–H and O–H groups in total. The Morgan fingerprint density at radius 1 is 1.30 bits per heavy atom. The van der Waals surface area contributed by atoms with Gasteiger partial charge in [0, 0.05) is 25.3 Å². The molecule has 0 spiro atoms. The first kappa shape index (κ1) is 14.3. The molecular weight excluding hydrogens is 258 g/mol. The maximum atomic E-state index is 12.2. The van der Waals surface area contributed by atoms with Gasteiger partial charge in [-0.1, -0.05) is 29.4 Å². The van der Waals surface area contributed by atoms with E-state index in [1.165, 1.54) is 0 Å². The first-order valence-corrected chi connectivity index (χ1v) is 6.63. The van der Waals surface area contributed by atoms with Crippen molar-refractivity contribution in [2.24, 2.45) is 10.9 Å². The lowest BCUT2D eigenvalue weighted by Gasteiger charge is -2.19. The fourth-order valence-electron chi connectivity index (χ4n) is 2.13. The number of benzene rings is 1. The van der Waals surface area contributed by atoms with E-state index in [-0.39, 0.29) is 11.7 Å². The molecule has 0 atom stereocenters. The molecule has 0 radical (unpaired) electrons. The Morgan fingerprint density at radius 2 is 2.05 bits per heavy atom. The van der Waals surface area contributed by atoms with Gasteiger partial charge < -0.3 is 20.6 Å². The average molecular weight is 277 g/mol. The van der Waals surface area contributed by atoms with Crippen LogP contribution in [0.1, 0.15) is 17.5 Å². The van der Waals surface area contributed by atoms with E-state index in [0.29, 0.717) is 25.1 Å². The van der Waals surface area contributed by atoms with E-state index in [9.17, 15) is 4.79 Å². The van der Waals surface area contributed by atoms with Crippen LogP contribution >= 0.6 is 0 Å². The largest absolute Gasteiger partial charge is 0.409 e. The number of oxime groups is 1. The van der Waals surface area contributed by atoms with Crippen molar-refractivity contribution < 1.29 is 14.7 Å². The number of nitrogens with two attached hydrogens (primary N) is 1. The van der Waals surface area contributed by atoms with Gasteiger partial charge in [-0.3, -0.25) is 4.79 Å². The number of hydrogen-bond acceptors (Lipinski definition) is 4. The van der Waals surface area contributed by atoms with E-state index in [0.717, 1.165) is 25.1 Å². The van der Waals surface area contributed by atoms with Gasteiger partial charge in [-0.05, 0) is 12.0 Å². The highest BCUT2D eigenvalue weighted by Crippen LogP contribution is 2.08. The molecule has 1 aromatic carbocycles. The Hall–Kier alpha value is -2.08. The summed E-state index contributed by atoms with van der Waals surface area (Å²) in [6, 6.07) is 7.12. The van der Waals surface area contributed by atoms with Crippen LogP contribution in [-0.4, -0.2) is 48.2 Å². The van der Waals surface area contributed by atoms with E-state index >= 15 is 0 Å². The minimum atomic E-state index is 0.0625. The summed E-state index contributed by atoms with van der Waals surface area (Å²) in [5.74, 6) is 0.166. The molecule has 6 heteroatoms. The topological polar surface area (TPSA) is 88.2 Å². The SMILES string of the molecule is NC(=NO)c1ccc(CC(=O)N2CCCOCC2)cc1. The van der Waals surface area contributed by atoms with Crippen LogP contribution in [0.25, 0.3) is 0 Å². The number of nitrogens with zero attached hydrogens (tertiary/aromatic N) is 2. The Bertz CT molecular complexity index is 477. The number of amides is 1. The molecule has 20 heavy (non-hydrogen) atoms. The van der Waals surface area contributed by atoms with Gasteiger partial charge in [0.05, 0.1) is 13.0 Å². The smallest absolute Gasteiger partial charge is 0.227 e. The summed E-state index contributed by atoms with van der Waals surface area (Å²) >= 11 is 0. The van der Waals surface area contributed by atoms with Crippen LogP contribution in [0, 0.1) is 0 Å². The van der Waals surface area contributed by atoms with Crippen molar-refractivity contribution in [1.82, 2.24) is 4.90 Å². The van der Waals surface area contributed by atoms with Crippen molar-refractivity contribution in [3.8, 4) is 0 Å². The van der Waals surface area contributed by atoms with Gasteiger partial charge in [-0.25, -0.2) is 0 Å². The van der Waals surface area contributed by atoms with Crippen LogP contribution in [0.2, 0.25) is 0 Å². The van der Waals surface area contributed by atoms with Crippen molar-refractivity contribution in [1.29, 1.82) is 0 Å². The number of carbonyl (C=O) groups excluding carboxylic acids is 1. The molecule has 1 heterocycles. The standard InChI is InChI=1S/C14H19N3O3/c15-14(16-19)12-4-2-11(3-5-12)10-13(18)17-6-1-8-20-9-7-17/h2-5,19H,1,6-10H2,(H2,15,16). The zero-order valence-corrected chi connectivity index (χ0v) is 11.3. The molecule has 0 saturated carbocycles. The number of rotatable bonds is 3. The lowest BCUT2D eigenvalue weighted by atomic mass is 10.1. The van der Waals surface area contributed by atoms with Crippen LogP contribution in [-0.2, 0) is 16.0 Å². The third kappa shape index (κ3) is 3.71. The lowest BCUT2D eigenvalue weighted by Crippen LogP contribution is -2.34. The van der Waals surface area contributed by atoms with Gasteiger partial charge in [0.2, 0.25) is 5.91 Å². The minimum absolute atomic E-state index is 0.0625. The zero-order chi connectivity index (χ0) is 14.4. The Labute approximate surface area is 117 Å².